The van der Waals surface area contributed by atoms with Crippen LogP contribution in [0.1, 0.15) is 10.4 Å². The Hall–Kier alpha value is -0.0400. The van der Waals surface area contributed by atoms with Crippen molar-refractivity contribution in [2.45, 2.75) is 0 Å². The number of carbonyl (C=O) groups is 2. The SMILES string of the molecule is COc1cc(C(=O)C(=O)[O-])ccc1[O-].[Na+].[Na+]. The molecule has 0 heterocycles. The van der Waals surface area contributed by atoms with E-state index in [4.69, 9.17) is 0 Å². The average Bonchev–Trinajstić information content (AvgIpc) is 2.17. The number of ketones is 1. The fraction of sp³-hybridized carbons (Fsp3) is 0.111. The molecule has 0 aliphatic carbocycles. The number of rotatable bonds is 3. The number of aliphatic carboxylic acids is 1. The molecule has 0 saturated carbocycles. The molecule has 1 rings (SSSR count). The Morgan fingerprint density at radius 2 is 1.81 bits per heavy atom. The molecule has 0 saturated heterocycles. The summed E-state index contributed by atoms with van der Waals surface area (Å²) in [6.07, 6.45) is 0. The number of carboxylic acids is 1. The molecular weight excluding hydrogens is 234 g/mol. The van der Waals surface area contributed by atoms with Crippen molar-refractivity contribution in [1.29, 1.82) is 0 Å². The number of carboxylic acid groups (broad SMARTS) is 1. The molecule has 0 aliphatic heterocycles. The number of carbonyl (C=O) groups excluding carboxylic acids is 2. The van der Waals surface area contributed by atoms with Crippen LogP contribution in [-0.2, 0) is 4.79 Å². The van der Waals surface area contributed by atoms with Crippen LogP contribution in [0.3, 0.4) is 0 Å². The molecule has 1 aromatic carbocycles. The van der Waals surface area contributed by atoms with Crippen molar-refractivity contribution in [3.05, 3.63) is 23.8 Å². The minimum absolute atomic E-state index is 0. The fourth-order valence-corrected chi connectivity index (χ4v) is 0.927. The molecule has 0 spiro atoms. The van der Waals surface area contributed by atoms with Gasteiger partial charge in [0.05, 0.1) is 7.11 Å². The largest absolute Gasteiger partial charge is 1.00 e. The van der Waals surface area contributed by atoms with Crippen molar-refractivity contribution in [1.82, 2.24) is 0 Å². The number of benzene rings is 1. The standard InChI is InChI=1S/C9H8O5.2Na/c1-14-7-4-5(2-3-6(7)10)8(11)9(12)13;;/h2-4,10H,1H3,(H,12,13);;/q;2*+1/p-2. The van der Waals surface area contributed by atoms with Gasteiger partial charge in [-0.2, -0.15) is 0 Å². The van der Waals surface area contributed by atoms with Crippen molar-refractivity contribution < 1.29 is 83.7 Å². The van der Waals surface area contributed by atoms with E-state index in [9.17, 15) is 19.8 Å². The predicted molar refractivity (Wildman–Crippen MR) is 41.8 cm³/mol. The zero-order chi connectivity index (χ0) is 10.7. The van der Waals surface area contributed by atoms with Crippen LogP contribution >= 0.6 is 0 Å². The molecule has 7 heteroatoms. The summed E-state index contributed by atoms with van der Waals surface area (Å²) in [5.41, 5.74) is -0.138. The van der Waals surface area contributed by atoms with Gasteiger partial charge in [-0.15, -0.1) is 0 Å². The van der Waals surface area contributed by atoms with E-state index in [-0.39, 0.29) is 70.4 Å². The minimum atomic E-state index is -1.81. The second-order valence-electron chi connectivity index (χ2n) is 2.48. The molecule has 0 atom stereocenters. The molecule has 0 N–H and O–H groups in total. The molecule has 0 aromatic heterocycles. The van der Waals surface area contributed by atoms with Crippen LogP contribution in [0.5, 0.6) is 11.5 Å². The van der Waals surface area contributed by atoms with Crippen LogP contribution in [0, 0.1) is 0 Å². The first kappa shape index (κ1) is 18.3. The minimum Gasteiger partial charge on any atom is -0.870 e. The second kappa shape index (κ2) is 8.11. The first-order valence-electron chi connectivity index (χ1n) is 3.67. The van der Waals surface area contributed by atoms with E-state index >= 15 is 0 Å². The molecule has 0 radical (unpaired) electrons. The number of ether oxygens (including phenoxy) is 1. The van der Waals surface area contributed by atoms with Gasteiger partial charge < -0.3 is 19.7 Å². The quantitative estimate of drug-likeness (QED) is 0.297. The summed E-state index contributed by atoms with van der Waals surface area (Å²) >= 11 is 0. The zero-order valence-electron chi connectivity index (χ0n) is 9.27. The maximum Gasteiger partial charge on any atom is 1.00 e. The van der Waals surface area contributed by atoms with E-state index in [1.807, 2.05) is 0 Å². The smallest absolute Gasteiger partial charge is 0.870 e. The van der Waals surface area contributed by atoms with Crippen molar-refractivity contribution in [2.75, 3.05) is 7.11 Å². The Kier molecular flexibility index (Phi) is 9.29. The maximum absolute atomic E-state index is 11.0. The van der Waals surface area contributed by atoms with Crippen molar-refractivity contribution in [3.8, 4) is 11.5 Å². The molecule has 5 nitrogen and oxygen atoms in total. The first-order valence-corrected chi connectivity index (χ1v) is 3.67. The molecule has 0 fully saturated rings. The second-order valence-corrected chi connectivity index (χ2v) is 2.48. The summed E-state index contributed by atoms with van der Waals surface area (Å²) in [5, 5.41) is 21.2. The van der Waals surface area contributed by atoms with Gasteiger partial charge in [0, 0.05) is 5.56 Å². The van der Waals surface area contributed by atoms with E-state index in [0.29, 0.717) is 0 Å². The summed E-state index contributed by atoms with van der Waals surface area (Å²) < 4.78 is 4.64. The Morgan fingerprint density at radius 3 is 2.25 bits per heavy atom. The number of methoxy groups -OCH3 is 1. The maximum atomic E-state index is 11.0. The molecule has 1 aromatic rings. The molecule has 0 aliphatic rings. The van der Waals surface area contributed by atoms with Crippen molar-refractivity contribution >= 4 is 11.8 Å². The summed E-state index contributed by atoms with van der Waals surface area (Å²) in [4.78, 5) is 21.1. The Labute approximate surface area is 136 Å². The number of hydrogen-bond donors (Lipinski definition) is 0. The van der Waals surface area contributed by atoms with Crippen LogP contribution in [0.2, 0.25) is 0 Å². The van der Waals surface area contributed by atoms with Gasteiger partial charge in [-0.05, 0) is 6.07 Å². The molecule has 74 valence electrons. The number of hydrogen-bond acceptors (Lipinski definition) is 5. The third-order valence-corrected chi connectivity index (χ3v) is 1.61. The van der Waals surface area contributed by atoms with Crippen LogP contribution in [0.15, 0.2) is 18.2 Å². The summed E-state index contributed by atoms with van der Waals surface area (Å²) in [5.74, 6) is -3.48. The van der Waals surface area contributed by atoms with E-state index in [1.165, 1.54) is 7.11 Å². The van der Waals surface area contributed by atoms with E-state index < -0.39 is 17.5 Å². The van der Waals surface area contributed by atoms with Gasteiger partial charge in [0.25, 0.3) is 0 Å². The summed E-state index contributed by atoms with van der Waals surface area (Å²) in [6.45, 7) is 0. The van der Waals surface area contributed by atoms with Crippen LogP contribution in [-0.4, -0.2) is 18.9 Å². The number of Topliss-reactive ketones (excluding diaryl/α,β-unsaturated/α-hetero) is 1. The predicted octanol–water partition coefficient (Wildman–Crippen LogP) is -7.29. The van der Waals surface area contributed by atoms with Gasteiger partial charge in [-0.3, -0.25) is 4.79 Å². The molecule has 0 amide bonds. The van der Waals surface area contributed by atoms with Crippen molar-refractivity contribution in [3.63, 3.8) is 0 Å². The first-order chi connectivity index (χ1) is 6.56. The fourth-order valence-electron chi connectivity index (χ4n) is 0.927. The zero-order valence-corrected chi connectivity index (χ0v) is 13.3. The van der Waals surface area contributed by atoms with Gasteiger partial charge >= 0.3 is 59.1 Å². The van der Waals surface area contributed by atoms with Gasteiger partial charge in [0.1, 0.15) is 11.7 Å². The molecule has 0 bridgehead atoms. The van der Waals surface area contributed by atoms with Crippen LogP contribution < -0.4 is 74.1 Å². The van der Waals surface area contributed by atoms with Gasteiger partial charge in [-0.25, -0.2) is 0 Å². The Bertz CT molecular complexity index is 391. The van der Waals surface area contributed by atoms with E-state index in [0.717, 1.165) is 18.2 Å². The average molecular weight is 240 g/mol. The van der Waals surface area contributed by atoms with Crippen molar-refractivity contribution in [2.24, 2.45) is 0 Å². The summed E-state index contributed by atoms with van der Waals surface area (Å²) in [7, 11) is 1.25. The van der Waals surface area contributed by atoms with Gasteiger partial charge in [0.15, 0.2) is 0 Å². The van der Waals surface area contributed by atoms with Gasteiger partial charge in [0.2, 0.25) is 5.78 Å². The van der Waals surface area contributed by atoms with Gasteiger partial charge in [-0.1, -0.05) is 17.9 Å². The van der Waals surface area contributed by atoms with E-state index in [1.54, 1.807) is 0 Å². The monoisotopic (exact) mass is 240 g/mol. The molecule has 0 unspecified atom stereocenters. The molecular formula is C9H6Na2O5. The van der Waals surface area contributed by atoms with E-state index in [2.05, 4.69) is 4.74 Å². The van der Waals surface area contributed by atoms with Crippen LogP contribution in [0.4, 0.5) is 0 Å². The Morgan fingerprint density at radius 1 is 1.25 bits per heavy atom. The van der Waals surface area contributed by atoms with Crippen LogP contribution in [0.25, 0.3) is 0 Å². The third-order valence-electron chi connectivity index (χ3n) is 1.61. The third kappa shape index (κ3) is 4.45. The topological polar surface area (TPSA) is 89.5 Å². The Balaban J connectivity index is 0. The normalized spacial score (nSPS) is 8.31. The summed E-state index contributed by atoms with van der Waals surface area (Å²) in [6, 6.07) is 3.25. The molecule has 16 heavy (non-hydrogen) atoms.